The lowest BCUT2D eigenvalue weighted by atomic mass is 10.2. The van der Waals surface area contributed by atoms with Gasteiger partial charge < -0.3 is 5.32 Å². The second-order valence-electron chi connectivity index (χ2n) is 4.19. The molecule has 0 bridgehead atoms. The fourth-order valence-corrected chi connectivity index (χ4v) is 3.34. The van der Waals surface area contributed by atoms with Crippen molar-refractivity contribution in [2.45, 2.75) is 20.4 Å². The molecule has 2 heterocycles. The average Bonchev–Trinajstić information content (AvgIpc) is 2.92. The predicted octanol–water partition coefficient (Wildman–Crippen LogP) is 3.98. The van der Waals surface area contributed by atoms with Gasteiger partial charge in [0, 0.05) is 11.1 Å². The monoisotopic (exact) mass is 275 g/mol. The van der Waals surface area contributed by atoms with Crippen LogP contribution in [-0.4, -0.2) is 9.97 Å². The van der Waals surface area contributed by atoms with E-state index in [0.717, 1.165) is 22.2 Å². The van der Waals surface area contributed by atoms with Gasteiger partial charge in [-0.25, -0.2) is 9.97 Å². The molecule has 0 amide bonds. The van der Waals surface area contributed by atoms with E-state index in [-0.39, 0.29) is 0 Å². The van der Waals surface area contributed by atoms with Crippen LogP contribution >= 0.6 is 22.7 Å². The van der Waals surface area contributed by atoms with Gasteiger partial charge in [0.1, 0.15) is 0 Å². The molecule has 0 atom stereocenters. The van der Waals surface area contributed by atoms with E-state index in [2.05, 4.69) is 40.4 Å². The Morgan fingerprint density at radius 1 is 1.22 bits per heavy atom. The van der Waals surface area contributed by atoms with Crippen molar-refractivity contribution in [3.8, 4) is 0 Å². The van der Waals surface area contributed by atoms with Crippen molar-refractivity contribution in [1.82, 2.24) is 9.97 Å². The third-order valence-corrected chi connectivity index (χ3v) is 4.53. The summed E-state index contributed by atoms with van der Waals surface area (Å²) in [5.41, 5.74) is 2.32. The quantitative estimate of drug-likeness (QED) is 0.785. The maximum atomic E-state index is 4.59. The van der Waals surface area contributed by atoms with Gasteiger partial charge in [0.15, 0.2) is 5.13 Å². The standard InChI is InChI=1S/C13H13N3S2/c1-8-3-4-12-11(5-8)16-13(18-12)15-7-10-6-14-9(2)17-10/h3-6H,7H2,1-2H3,(H,15,16). The van der Waals surface area contributed by atoms with Gasteiger partial charge in [-0.1, -0.05) is 17.4 Å². The SMILES string of the molecule is Cc1ccc2sc(NCc3cnc(C)s3)nc2c1. The van der Waals surface area contributed by atoms with Crippen LogP contribution in [0, 0.1) is 13.8 Å². The Bertz CT molecular complexity index is 684. The number of thiazole rings is 2. The number of rotatable bonds is 3. The Kier molecular flexibility index (Phi) is 3.01. The highest BCUT2D eigenvalue weighted by atomic mass is 32.1. The first-order valence-electron chi connectivity index (χ1n) is 5.73. The fourth-order valence-electron chi connectivity index (χ4n) is 1.76. The molecule has 92 valence electrons. The molecule has 1 aromatic carbocycles. The minimum Gasteiger partial charge on any atom is -0.357 e. The zero-order valence-electron chi connectivity index (χ0n) is 10.2. The zero-order valence-corrected chi connectivity index (χ0v) is 11.9. The van der Waals surface area contributed by atoms with E-state index in [1.54, 1.807) is 22.7 Å². The van der Waals surface area contributed by atoms with E-state index in [4.69, 9.17) is 0 Å². The molecule has 0 aliphatic carbocycles. The van der Waals surface area contributed by atoms with Crippen molar-refractivity contribution in [3.63, 3.8) is 0 Å². The average molecular weight is 275 g/mol. The summed E-state index contributed by atoms with van der Waals surface area (Å²) in [7, 11) is 0. The molecule has 2 aromatic heterocycles. The predicted molar refractivity (Wildman–Crippen MR) is 78.5 cm³/mol. The molecule has 3 aromatic rings. The lowest BCUT2D eigenvalue weighted by Crippen LogP contribution is -1.96. The van der Waals surface area contributed by atoms with Crippen LogP contribution in [0.15, 0.2) is 24.4 Å². The molecule has 18 heavy (non-hydrogen) atoms. The van der Waals surface area contributed by atoms with Crippen molar-refractivity contribution >= 4 is 38.0 Å². The molecule has 0 unspecified atom stereocenters. The number of anilines is 1. The molecular weight excluding hydrogens is 262 g/mol. The van der Waals surface area contributed by atoms with Crippen molar-refractivity contribution in [2.24, 2.45) is 0 Å². The van der Waals surface area contributed by atoms with Crippen LogP contribution in [0.2, 0.25) is 0 Å². The van der Waals surface area contributed by atoms with E-state index < -0.39 is 0 Å². The van der Waals surface area contributed by atoms with Crippen molar-refractivity contribution < 1.29 is 0 Å². The third kappa shape index (κ3) is 2.37. The van der Waals surface area contributed by atoms with Gasteiger partial charge in [0.2, 0.25) is 0 Å². The third-order valence-electron chi connectivity index (χ3n) is 2.63. The number of nitrogens with zero attached hydrogens (tertiary/aromatic N) is 2. The van der Waals surface area contributed by atoms with Crippen LogP contribution in [-0.2, 0) is 6.54 Å². The summed E-state index contributed by atoms with van der Waals surface area (Å²) >= 11 is 3.41. The zero-order chi connectivity index (χ0) is 12.5. The molecule has 0 fully saturated rings. The normalized spacial score (nSPS) is 11.0. The Hall–Kier alpha value is -1.46. The summed E-state index contributed by atoms with van der Waals surface area (Å²) in [6.07, 6.45) is 1.92. The fraction of sp³-hybridized carbons (Fsp3) is 0.231. The molecular formula is C13H13N3S2. The molecule has 0 radical (unpaired) electrons. The Morgan fingerprint density at radius 3 is 2.89 bits per heavy atom. The summed E-state index contributed by atoms with van der Waals surface area (Å²) in [6.45, 7) is 4.91. The summed E-state index contributed by atoms with van der Waals surface area (Å²) in [5, 5.41) is 5.44. The molecule has 0 saturated heterocycles. The molecule has 5 heteroatoms. The maximum Gasteiger partial charge on any atom is 0.184 e. The van der Waals surface area contributed by atoms with Gasteiger partial charge >= 0.3 is 0 Å². The van der Waals surface area contributed by atoms with E-state index in [9.17, 15) is 0 Å². The summed E-state index contributed by atoms with van der Waals surface area (Å²) < 4.78 is 1.23. The Balaban J connectivity index is 1.78. The number of benzene rings is 1. The molecule has 0 aliphatic heterocycles. The van der Waals surface area contributed by atoms with Gasteiger partial charge in [0.25, 0.3) is 0 Å². The molecule has 0 spiro atoms. The van der Waals surface area contributed by atoms with E-state index in [0.29, 0.717) is 0 Å². The second kappa shape index (κ2) is 4.66. The van der Waals surface area contributed by atoms with Gasteiger partial charge in [-0.3, -0.25) is 0 Å². The second-order valence-corrected chi connectivity index (χ2v) is 6.54. The van der Waals surface area contributed by atoms with Gasteiger partial charge in [-0.15, -0.1) is 11.3 Å². The lowest BCUT2D eigenvalue weighted by molar-refractivity contribution is 1.16. The number of hydrogen-bond donors (Lipinski definition) is 1. The largest absolute Gasteiger partial charge is 0.357 e. The van der Waals surface area contributed by atoms with Crippen LogP contribution < -0.4 is 5.32 Å². The minimum atomic E-state index is 0.796. The topological polar surface area (TPSA) is 37.8 Å². The molecule has 3 rings (SSSR count). The molecule has 0 saturated carbocycles. The van der Waals surface area contributed by atoms with Crippen LogP contribution in [0.5, 0.6) is 0 Å². The number of aryl methyl sites for hydroxylation is 2. The van der Waals surface area contributed by atoms with Crippen LogP contribution in [0.25, 0.3) is 10.2 Å². The smallest absolute Gasteiger partial charge is 0.184 e. The minimum absolute atomic E-state index is 0.796. The van der Waals surface area contributed by atoms with E-state index in [1.807, 2.05) is 13.1 Å². The summed E-state index contributed by atoms with van der Waals surface area (Å²) in [4.78, 5) is 10.1. The highest BCUT2D eigenvalue weighted by Crippen LogP contribution is 2.27. The molecule has 3 nitrogen and oxygen atoms in total. The lowest BCUT2D eigenvalue weighted by Gasteiger charge is -1.97. The summed E-state index contributed by atoms with van der Waals surface area (Å²) in [5.74, 6) is 0. The van der Waals surface area contributed by atoms with Gasteiger partial charge in [0.05, 0.1) is 21.8 Å². The van der Waals surface area contributed by atoms with Crippen LogP contribution in [0.1, 0.15) is 15.4 Å². The molecule has 1 N–H and O–H groups in total. The Morgan fingerprint density at radius 2 is 2.11 bits per heavy atom. The highest BCUT2D eigenvalue weighted by molar-refractivity contribution is 7.22. The van der Waals surface area contributed by atoms with E-state index >= 15 is 0 Å². The number of nitrogens with one attached hydrogen (secondary N) is 1. The number of hydrogen-bond acceptors (Lipinski definition) is 5. The van der Waals surface area contributed by atoms with Crippen LogP contribution in [0.3, 0.4) is 0 Å². The van der Waals surface area contributed by atoms with Gasteiger partial charge in [-0.2, -0.15) is 0 Å². The summed E-state index contributed by atoms with van der Waals surface area (Å²) in [6, 6.07) is 6.37. The first-order chi connectivity index (χ1) is 8.70. The Labute approximate surface area is 114 Å². The number of aromatic nitrogens is 2. The first-order valence-corrected chi connectivity index (χ1v) is 7.36. The van der Waals surface area contributed by atoms with Crippen molar-refractivity contribution in [3.05, 3.63) is 39.8 Å². The van der Waals surface area contributed by atoms with Crippen molar-refractivity contribution in [1.29, 1.82) is 0 Å². The van der Waals surface area contributed by atoms with E-state index in [1.165, 1.54) is 15.1 Å². The maximum absolute atomic E-state index is 4.59. The highest BCUT2D eigenvalue weighted by Gasteiger charge is 2.04. The van der Waals surface area contributed by atoms with Crippen LogP contribution in [0.4, 0.5) is 5.13 Å². The molecule has 0 aliphatic rings. The number of fused-ring (bicyclic) bond motifs is 1. The first kappa shape index (κ1) is 11.6. The van der Waals surface area contributed by atoms with Gasteiger partial charge in [-0.05, 0) is 31.5 Å². The van der Waals surface area contributed by atoms with Crippen molar-refractivity contribution in [2.75, 3.05) is 5.32 Å².